The molecule has 0 atom stereocenters. The number of Topliss-reactive ketones (excluding diaryl/α,β-unsaturated/α-hetero) is 1. The Bertz CT molecular complexity index is 324. The fourth-order valence-corrected chi connectivity index (χ4v) is 2.13. The average Bonchev–Trinajstić information content (AvgIpc) is 2.88. The number of nitrogens with one attached hydrogen (secondary N) is 1. The summed E-state index contributed by atoms with van der Waals surface area (Å²) in [4.78, 5) is 14.9. The summed E-state index contributed by atoms with van der Waals surface area (Å²) in [5.74, 6) is 0.551. The molecule has 3 nitrogen and oxygen atoms in total. The number of aromatic amines is 1. The van der Waals surface area contributed by atoms with E-state index in [0.717, 1.165) is 24.1 Å². The number of rotatable bonds is 3. The highest BCUT2D eigenvalue weighted by Gasteiger charge is 2.24. The summed E-state index contributed by atoms with van der Waals surface area (Å²) < 4.78 is 0. The molecule has 1 aromatic rings. The molecule has 0 saturated heterocycles. The predicted octanol–water partition coefficient (Wildman–Crippen LogP) is 1.85. The second-order valence-electron chi connectivity index (χ2n) is 3.96. The van der Waals surface area contributed by atoms with Gasteiger partial charge >= 0.3 is 0 Å². The summed E-state index contributed by atoms with van der Waals surface area (Å²) in [6.07, 6.45) is 6.29. The minimum absolute atomic E-state index is 0.261. The van der Waals surface area contributed by atoms with Crippen molar-refractivity contribution < 1.29 is 4.79 Å². The Balaban J connectivity index is 2.09. The van der Waals surface area contributed by atoms with Gasteiger partial charge in [-0.25, -0.2) is 0 Å². The smallest absolute Gasteiger partial charge is 0.167 e. The molecule has 0 bridgehead atoms. The maximum Gasteiger partial charge on any atom is 0.167 e. The van der Waals surface area contributed by atoms with Gasteiger partial charge in [0.2, 0.25) is 0 Å². The van der Waals surface area contributed by atoms with Crippen LogP contribution in [0, 0.1) is 5.92 Å². The van der Waals surface area contributed by atoms with Crippen molar-refractivity contribution in [3.8, 4) is 0 Å². The van der Waals surface area contributed by atoms with E-state index in [1.807, 2.05) is 6.07 Å². The quantitative estimate of drug-likeness (QED) is 0.718. The summed E-state index contributed by atoms with van der Waals surface area (Å²) in [5.41, 5.74) is 7.21. The van der Waals surface area contributed by atoms with Gasteiger partial charge in [-0.1, -0.05) is 12.8 Å². The van der Waals surface area contributed by atoms with E-state index in [9.17, 15) is 4.79 Å². The number of nitrogens with two attached hydrogens (primary N) is 1. The van der Waals surface area contributed by atoms with Crippen molar-refractivity contribution in [2.45, 2.75) is 32.2 Å². The first-order valence-electron chi connectivity index (χ1n) is 5.23. The highest BCUT2D eigenvalue weighted by molar-refractivity contribution is 5.98. The Kier molecular flexibility index (Phi) is 2.68. The summed E-state index contributed by atoms with van der Waals surface area (Å²) in [6.45, 7) is 0.470. The van der Waals surface area contributed by atoms with Gasteiger partial charge in [-0.3, -0.25) is 4.79 Å². The van der Waals surface area contributed by atoms with Gasteiger partial charge in [-0.2, -0.15) is 0 Å². The van der Waals surface area contributed by atoms with E-state index >= 15 is 0 Å². The molecule has 3 heteroatoms. The predicted molar refractivity (Wildman–Crippen MR) is 55.0 cm³/mol. The Hall–Kier alpha value is -1.09. The Morgan fingerprint density at radius 1 is 1.50 bits per heavy atom. The monoisotopic (exact) mass is 192 g/mol. The van der Waals surface area contributed by atoms with Gasteiger partial charge in [0.05, 0.1) is 0 Å². The molecule has 1 aromatic heterocycles. The first-order valence-corrected chi connectivity index (χ1v) is 5.23. The van der Waals surface area contributed by atoms with Crippen molar-refractivity contribution in [3.63, 3.8) is 0 Å². The molecule has 0 aromatic carbocycles. The number of H-pyrrole nitrogens is 1. The van der Waals surface area contributed by atoms with E-state index in [-0.39, 0.29) is 5.92 Å². The van der Waals surface area contributed by atoms with Crippen LogP contribution in [0.2, 0.25) is 0 Å². The number of carbonyl (C=O) groups excluding carboxylic acids is 1. The molecule has 1 aliphatic carbocycles. The third kappa shape index (κ3) is 1.73. The fraction of sp³-hybridized carbons (Fsp3) is 0.545. The average molecular weight is 192 g/mol. The van der Waals surface area contributed by atoms with E-state index in [2.05, 4.69) is 4.98 Å². The van der Waals surface area contributed by atoms with Crippen molar-refractivity contribution in [1.82, 2.24) is 4.98 Å². The summed E-state index contributed by atoms with van der Waals surface area (Å²) in [6, 6.07) is 1.88. The molecule has 1 saturated carbocycles. The van der Waals surface area contributed by atoms with Crippen molar-refractivity contribution in [3.05, 3.63) is 23.5 Å². The SMILES string of the molecule is NCc1cc(C(=O)C2CCCC2)c[nH]1. The molecule has 1 fully saturated rings. The maximum absolute atomic E-state index is 11.9. The lowest BCUT2D eigenvalue weighted by molar-refractivity contribution is 0.0923. The topological polar surface area (TPSA) is 58.9 Å². The van der Waals surface area contributed by atoms with E-state index in [0.29, 0.717) is 12.3 Å². The van der Waals surface area contributed by atoms with Crippen LogP contribution in [0.4, 0.5) is 0 Å². The molecule has 0 aliphatic heterocycles. The molecule has 14 heavy (non-hydrogen) atoms. The van der Waals surface area contributed by atoms with Gasteiger partial charge in [-0.05, 0) is 18.9 Å². The van der Waals surface area contributed by atoms with E-state index in [1.165, 1.54) is 12.8 Å². The molecule has 3 N–H and O–H groups in total. The molecule has 0 spiro atoms. The number of aromatic nitrogens is 1. The normalized spacial score (nSPS) is 17.5. The van der Waals surface area contributed by atoms with Gasteiger partial charge in [0, 0.05) is 29.9 Å². The van der Waals surface area contributed by atoms with Crippen molar-refractivity contribution >= 4 is 5.78 Å². The van der Waals surface area contributed by atoms with Crippen LogP contribution in [0.15, 0.2) is 12.3 Å². The van der Waals surface area contributed by atoms with Gasteiger partial charge in [0.15, 0.2) is 5.78 Å². The summed E-state index contributed by atoms with van der Waals surface area (Å²) in [5, 5.41) is 0. The van der Waals surface area contributed by atoms with Crippen LogP contribution in [0.1, 0.15) is 41.7 Å². The van der Waals surface area contributed by atoms with Crippen LogP contribution in [0.25, 0.3) is 0 Å². The lowest BCUT2D eigenvalue weighted by atomic mass is 9.98. The molecule has 2 rings (SSSR count). The highest BCUT2D eigenvalue weighted by Crippen LogP contribution is 2.28. The Morgan fingerprint density at radius 3 is 2.79 bits per heavy atom. The van der Waals surface area contributed by atoms with Crippen LogP contribution in [0.3, 0.4) is 0 Å². The van der Waals surface area contributed by atoms with Gasteiger partial charge in [0.1, 0.15) is 0 Å². The molecule has 0 radical (unpaired) electrons. The molecule has 76 valence electrons. The zero-order valence-electron chi connectivity index (χ0n) is 8.25. The van der Waals surface area contributed by atoms with Crippen LogP contribution < -0.4 is 5.73 Å². The molecule has 1 heterocycles. The van der Waals surface area contributed by atoms with E-state index in [4.69, 9.17) is 5.73 Å². The lowest BCUT2D eigenvalue weighted by Crippen LogP contribution is -2.09. The van der Waals surface area contributed by atoms with Crippen molar-refractivity contribution in [2.75, 3.05) is 0 Å². The molecule has 0 unspecified atom stereocenters. The van der Waals surface area contributed by atoms with Gasteiger partial charge in [-0.15, -0.1) is 0 Å². The number of carbonyl (C=O) groups is 1. The van der Waals surface area contributed by atoms with Crippen molar-refractivity contribution in [1.29, 1.82) is 0 Å². The standard InChI is InChI=1S/C11H16N2O/c12-6-10-5-9(7-13-10)11(14)8-3-1-2-4-8/h5,7-8,13H,1-4,6,12H2. The lowest BCUT2D eigenvalue weighted by Gasteiger charge is -2.04. The minimum atomic E-state index is 0.261. The zero-order chi connectivity index (χ0) is 9.97. The van der Waals surface area contributed by atoms with Crippen LogP contribution in [-0.2, 0) is 6.54 Å². The van der Waals surface area contributed by atoms with Crippen LogP contribution in [0.5, 0.6) is 0 Å². The van der Waals surface area contributed by atoms with Gasteiger partial charge in [0.25, 0.3) is 0 Å². The second-order valence-corrected chi connectivity index (χ2v) is 3.96. The van der Waals surface area contributed by atoms with E-state index in [1.54, 1.807) is 6.20 Å². The fourth-order valence-electron chi connectivity index (χ4n) is 2.13. The van der Waals surface area contributed by atoms with Crippen LogP contribution in [-0.4, -0.2) is 10.8 Å². The first kappa shape index (κ1) is 9.46. The van der Waals surface area contributed by atoms with Crippen LogP contribution >= 0.6 is 0 Å². The first-order chi connectivity index (χ1) is 6.81. The molecule has 0 amide bonds. The molecular weight excluding hydrogens is 176 g/mol. The third-order valence-electron chi connectivity index (χ3n) is 2.97. The highest BCUT2D eigenvalue weighted by atomic mass is 16.1. The third-order valence-corrected chi connectivity index (χ3v) is 2.97. The Morgan fingerprint density at radius 2 is 2.21 bits per heavy atom. The second kappa shape index (κ2) is 3.96. The maximum atomic E-state index is 11.9. The largest absolute Gasteiger partial charge is 0.363 e. The zero-order valence-corrected chi connectivity index (χ0v) is 8.25. The molecule has 1 aliphatic rings. The van der Waals surface area contributed by atoms with Crippen molar-refractivity contribution in [2.24, 2.45) is 11.7 Å². The molecular formula is C11H16N2O. The Labute approximate surface area is 83.7 Å². The summed E-state index contributed by atoms with van der Waals surface area (Å²) in [7, 11) is 0. The van der Waals surface area contributed by atoms with E-state index < -0.39 is 0 Å². The number of hydrogen-bond acceptors (Lipinski definition) is 2. The number of ketones is 1. The van der Waals surface area contributed by atoms with Gasteiger partial charge < -0.3 is 10.7 Å². The number of hydrogen-bond donors (Lipinski definition) is 2. The summed E-state index contributed by atoms with van der Waals surface area (Å²) >= 11 is 0. The minimum Gasteiger partial charge on any atom is -0.363 e.